The SMILES string of the molecule is COc1ccc(NC(=O)CNNC(=O)COc2ccccc2Cc2ccccc2)cc1. The maximum absolute atomic E-state index is 12.1. The third-order valence-electron chi connectivity index (χ3n) is 4.42. The Morgan fingerprint density at radius 1 is 0.839 bits per heavy atom. The summed E-state index contributed by atoms with van der Waals surface area (Å²) in [5, 5.41) is 2.72. The van der Waals surface area contributed by atoms with Crippen LogP contribution in [0.15, 0.2) is 78.9 Å². The van der Waals surface area contributed by atoms with Crippen molar-refractivity contribution >= 4 is 17.5 Å². The zero-order valence-electron chi connectivity index (χ0n) is 17.3. The van der Waals surface area contributed by atoms with Crippen molar-refractivity contribution in [3.05, 3.63) is 90.0 Å². The lowest BCUT2D eigenvalue weighted by Crippen LogP contribution is -2.44. The van der Waals surface area contributed by atoms with Gasteiger partial charge in [-0.2, -0.15) is 0 Å². The normalized spacial score (nSPS) is 10.2. The van der Waals surface area contributed by atoms with E-state index in [4.69, 9.17) is 9.47 Å². The van der Waals surface area contributed by atoms with Crippen LogP contribution in [-0.2, 0) is 16.0 Å². The lowest BCUT2D eigenvalue weighted by atomic mass is 10.0. The van der Waals surface area contributed by atoms with Gasteiger partial charge < -0.3 is 14.8 Å². The Morgan fingerprint density at radius 2 is 1.55 bits per heavy atom. The summed E-state index contributed by atoms with van der Waals surface area (Å²) in [6.45, 7) is -0.249. The van der Waals surface area contributed by atoms with Crippen molar-refractivity contribution in [1.82, 2.24) is 10.9 Å². The van der Waals surface area contributed by atoms with Gasteiger partial charge in [0.1, 0.15) is 11.5 Å². The van der Waals surface area contributed by atoms with E-state index < -0.39 is 0 Å². The summed E-state index contributed by atoms with van der Waals surface area (Å²) in [6.07, 6.45) is 0.711. The largest absolute Gasteiger partial charge is 0.497 e. The maximum Gasteiger partial charge on any atom is 0.271 e. The van der Waals surface area contributed by atoms with Gasteiger partial charge in [0.15, 0.2) is 6.61 Å². The molecule has 0 spiro atoms. The summed E-state index contributed by atoms with van der Waals surface area (Å²) in [6, 6.07) is 24.6. The number of methoxy groups -OCH3 is 1. The second-order valence-corrected chi connectivity index (χ2v) is 6.74. The van der Waals surface area contributed by atoms with Crippen molar-refractivity contribution in [3.8, 4) is 11.5 Å². The molecule has 31 heavy (non-hydrogen) atoms. The summed E-state index contributed by atoms with van der Waals surface area (Å²) < 4.78 is 10.8. The van der Waals surface area contributed by atoms with E-state index in [-0.39, 0.29) is 25.0 Å². The third-order valence-corrected chi connectivity index (χ3v) is 4.42. The monoisotopic (exact) mass is 419 g/mol. The number of hydrazine groups is 1. The van der Waals surface area contributed by atoms with E-state index in [1.165, 1.54) is 0 Å². The lowest BCUT2D eigenvalue weighted by Gasteiger charge is -2.12. The van der Waals surface area contributed by atoms with Crippen molar-refractivity contribution < 1.29 is 19.1 Å². The number of anilines is 1. The number of benzene rings is 3. The highest BCUT2D eigenvalue weighted by molar-refractivity contribution is 5.92. The summed E-state index contributed by atoms with van der Waals surface area (Å²) in [5.41, 5.74) is 7.85. The van der Waals surface area contributed by atoms with Crippen molar-refractivity contribution in [3.63, 3.8) is 0 Å². The summed E-state index contributed by atoms with van der Waals surface area (Å²) in [7, 11) is 1.58. The molecule has 3 aromatic rings. The molecular formula is C24H25N3O4. The summed E-state index contributed by atoms with van der Waals surface area (Å²) >= 11 is 0. The highest BCUT2D eigenvalue weighted by Crippen LogP contribution is 2.21. The van der Waals surface area contributed by atoms with Crippen LogP contribution in [0.2, 0.25) is 0 Å². The molecule has 160 valence electrons. The van der Waals surface area contributed by atoms with Crippen LogP contribution in [0.3, 0.4) is 0 Å². The highest BCUT2D eigenvalue weighted by Gasteiger charge is 2.08. The number of rotatable bonds is 10. The number of hydrogen-bond donors (Lipinski definition) is 3. The van der Waals surface area contributed by atoms with E-state index in [2.05, 4.69) is 16.2 Å². The molecule has 0 saturated carbocycles. The molecule has 7 heteroatoms. The first-order valence-corrected chi connectivity index (χ1v) is 9.84. The van der Waals surface area contributed by atoms with Gasteiger partial charge in [-0.05, 0) is 41.5 Å². The number of hydrogen-bond acceptors (Lipinski definition) is 5. The molecule has 0 aliphatic heterocycles. The molecule has 0 aromatic heterocycles. The molecule has 2 amide bonds. The van der Waals surface area contributed by atoms with Crippen LogP contribution in [0.4, 0.5) is 5.69 Å². The molecule has 3 aromatic carbocycles. The summed E-state index contributed by atoms with van der Waals surface area (Å²) in [5.74, 6) is 0.679. The van der Waals surface area contributed by atoms with Gasteiger partial charge in [0.05, 0.1) is 13.7 Å². The Hall–Kier alpha value is -3.84. The number of amides is 2. The summed E-state index contributed by atoms with van der Waals surface area (Å²) in [4.78, 5) is 24.0. The second-order valence-electron chi connectivity index (χ2n) is 6.74. The standard InChI is InChI=1S/C24H25N3O4/c1-30-21-13-11-20(12-14-21)26-23(28)16-25-27-24(29)17-31-22-10-6-5-9-19(22)15-18-7-3-2-4-8-18/h2-14,25H,15-17H2,1H3,(H,26,28)(H,27,29). The fourth-order valence-electron chi connectivity index (χ4n) is 2.89. The van der Waals surface area contributed by atoms with Gasteiger partial charge in [-0.3, -0.25) is 15.0 Å². The van der Waals surface area contributed by atoms with E-state index >= 15 is 0 Å². The predicted molar refractivity (Wildman–Crippen MR) is 119 cm³/mol. The van der Waals surface area contributed by atoms with Crippen LogP contribution in [-0.4, -0.2) is 32.1 Å². The van der Waals surface area contributed by atoms with Gasteiger partial charge in [-0.15, -0.1) is 0 Å². The van der Waals surface area contributed by atoms with Crippen molar-refractivity contribution in [1.29, 1.82) is 0 Å². The first kappa shape index (κ1) is 21.9. The molecule has 0 fully saturated rings. The third kappa shape index (κ3) is 7.17. The lowest BCUT2D eigenvalue weighted by molar-refractivity contribution is -0.124. The fourth-order valence-corrected chi connectivity index (χ4v) is 2.89. The molecule has 3 rings (SSSR count). The molecule has 0 aliphatic rings. The van der Waals surface area contributed by atoms with E-state index in [1.807, 2.05) is 54.6 Å². The van der Waals surface area contributed by atoms with Gasteiger partial charge in [0.2, 0.25) is 5.91 Å². The Labute approximate surface area is 181 Å². The minimum absolute atomic E-state index is 0.0810. The molecule has 0 aliphatic carbocycles. The number of ether oxygens (including phenoxy) is 2. The topological polar surface area (TPSA) is 88.7 Å². The number of nitrogens with one attached hydrogen (secondary N) is 3. The molecule has 0 saturated heterocycles. The van der Waals surface area contributed by atoms with Crippen LogP contribution >= 0.6 is 0 Å². The van der Waals surface area contributed by atoms with Gasteiger partial charge in [-0.25, -0.2) is 5.43 Å². The fraction of sp³-hybridized carbons (Fsp3) is 0.167. The van der Waals surface area contributed by atoms with Crippen molar-refractivity contribution in [2.75, 3.05) is 25.6 Å². The zero-order chi connectivity index (χ0) is 21.9. The highest BCUT2D eigenvalue weighted by atomic mass is 16.5. The Bertz CT molecular complexity index is 991. The molecule has 0 heterocycles. The number of carbonyl (C=O) groups is 2. The molecule has 0 radical (unpaired) electrons. The van der Waals surface area contributed by atoms with Gasteiger partial charge in [-0.1, -0.05) is 48.5 Å². The quantitative estimate of drug-likeness (QED) is 0.440. The van der Waals surface area contributed by atoms with Gasteiger partial charge in [0, 0.05) is 12.1 Å². The molecular weight excluding hydrogens is 394 g/mol. The minimum atomic E-state index is -0.383. The van der Waals surface area contributed by atoms with Gasteiger partial charge in [0.25, 0.3) is 5.91 Å². The van der Waals surface area contributed by atoms with E-state index in [0.717, 1.165) is 11.1 Å². The van der Waals surface area contributed by atoms with E-state index in [0.29, 0.717) is 23.6 Å². The smallest absolute Gasteiger partial charge is 0.271 e. The second kappa shape index (κ2) is 11.4. The average Bonchev–Trinajstić information content (AvgIpc) is 2.80. The first-order chi connectivity index (χ1) is 15.1. The molecule has 3 N–H and O–H groups in total. The number of carbonyl (C=O) groups excluding carboxylic acids is 2. The average molecular weight is 419 g/mol. The van der Waals surface area contributed by atoms with E-state index in [1.54, 1.807) is 31.4 Å². The number of para-hydroxylation sites is 1. The minimum Gasteiger partial charge on any atom is -0.497 e. The molecule has 0 atom stereocenters. The van der Waals surface area contributed by atoms with Crippen molar-refractivity contribution in [2.24, 2.45) is 0 Å². The molecule has 7 nitrogen and oxygen atoms in total. The zero-order valence-corrected chi connectivity index (χ0v) is 17.3. The van der Waals surface area contributed by atoms with E-state index in [9.17, 15) is 9.59 Å². The Kier molecular flexibility index (Phi) is 8.02. The van der Waals surface area contributed by atoms with Crippen molar-refractivity contribution in [2.45, 2.75) is 6.42 Å². The molecule has 0 bridgehead atoms. The maximum atomic E-state index is 12.1. The first-order valence-electron chi connectivity index (χ1n) is 9.84. The van der Waals surface area contributed by atoms with Crippen LogP contribution in [0.25, 0.3) is 0 Å². The van der Waals surface area contributed by atoms with Gasteiger partial charge >= 0.3 is 0 Å². The Morgan fingerprint density at radius 3 is 2.29 bits per heavy atom. The molecule has 0 unspecified atom stereocenters. The van der Waals surface area contributed by atoms with Crippen LogP contribution < -0.4 is 25.6 Å². The Balaban J connectivity index is 1.40. The van der Waals surface area contributed by atoms with Crippen LogP contribution in [0.5, 0.6) is 11.5 Å². The predicted octanol–water partition coefficient (Wildman–Crippen LogP) is 2.92. The van der Waals surface area contributed by atoms with Crippen LogP contribution in [0, 0.1) is 0 Å². The van der Waals surface area contributed by atoms with Crippen LogP contribution in [0.1, 0.15) is 11.1 Å².